The largest absolute Gasteiger partial charge is 0.496 e. The van der Waals surface area contributed by atoms with E-state index in [0.717, 1.165) is 28.9 Å². The Morgan fingerprint density at radius 3 is 2.72 bits per heavy atom. The fourth-order valence-electron chi connectivity index (χ4n) is 2.00. The smallest absolute Gasteiger partial charge is 0.122 e. The SMILES string of the molecule is COc1ccc2cc(OCCCCl)ccc2c1C. The Bertz CT molecular complexity index is 537. The van der Waals surface area contributed by atoms with Crippen molar-refractivity contribution in [3.63, 3.8) is 0 Å². The zero-order chi connectivity index (χ0) is 13.0. The van der Waals surface area contributed by atoms with Crippen molar-refractivity contribution >= 4 is 22.4 Å². The minimum Gasteiger partial charge on any atom is -0.496 e. The number of benzene rings is 2. The molecule has 0 heterocycles. The number of ether oxygens (including phenoxy) is 2. The molecule has 2 rings (SSSR count). The lowest BCUT2D eigenvalue weighted by Gasteiger charge is -2.10. The van der Waals surface area contributed by atoms with E-state index in [1.54, 1.807) is 7.11 Å². The lowest BCUT2D eigenvalue weighted by Crippen LogP contribution is -1.97. The lowest BCUT2D eigenvalue weighted by molar-refractivity contribution is 0.319. The summed E-state index contributed by atoms with van der Waals surface area (Å²) in [6, 6.07) is 10.2. The first-order chi connectivity index (χ1) is 8.76. The monoisotopic (exact) mass is 264 g/mol. The Balaban J connectivity index is 2.29. The third-order valence-corrected chi connectivity index (χ3v) is 3.24. The number of aryl methyl sites for hydroxylation is 1. The van der Waals surface area contributed by atoms with Crippen molar-refractivity contribution in [2.75, 3.05) is 19.6 Å². The second kappa shape index (κ2) is 5.96. The van der Waals surface area contributed by atoms with E-state index < -0.39 is 0 Å². The Morgan fingerprint density at radius 1 is 1.17 bits per heavy atom. The van der Waals surface area contributed by atoms with E-state index in [-0.39, 0.29) is 0 Å². The van der Waals surface area contributed by atoms with Crippen LogP contribution >= 0.6 is 11.6 Å². The summed E-state index contributed by atoms with van der Waals surface area (Å²) in [6.45, 7) is 2.72. The van der Waals surface area contributed by atoms with Gasteiger partial charge in [0.2, 0.25) is 0 Å². The van der Waals surface area contributed by atoms with Crippen molar-refractivity contribution in [2.45, 2.75) is 13.3 Å². The third-order valence-electron chi connectivity index (χ3n) is 2.98. The molecule has 2 aromatic rings. The molecule has 96 valence electrons. The van der Waals surface area contributed by atoms with Gasteiger partial charge in [-0.25, -0.2) is 0 Å². The predicted molar refractivity (Wildman–Crippen MR) is 76.1 cm³/mol. The molecule has 3 heteroatoms. The molecule has 2 aromatic carbocycles. The first kappa shape index (κ1) is 13.0. The summed E-state index contributed by atoms with van der Waals surface area (Å²) >= 11 is 5.62. The normalized spacial score (nSPS) is 10.6. The van der Waals surface area contributed by atoms with Gasteiger partial charge in [-0.3, -0.25) is 0 Å². The van der Waals surface area contributed by atoms with Crippen molar-refractivity contribution in [3.05, 3.63) is 35.9 Å². The van der Waals surface area contributed by atoms with Crippen LogP contribution in [0.1, 0.15) is 12.0 Å². The fraction of sp³-hybridized carbons (Fsp3) is 0.333. The van der Waals surface area contributed by atoms with E-state index in [4.69, 9.17) is 21.1 Å². The molecule has 0 aromatic heterocycles. The van der Waals surface area contributed by atoms with Gasteiger partial charge in [-0.15, -0.1) is 11.6 Å². The fourth-order valence-corrected chi connectivity index (χ4v) is 2.11. The molecular weight excluding hydrogens is 248 g/mol. The first-order valence-electron chi connectivity index (χ1n) is 6.02. The van der Waals surface area contributed by atoms with Crippen LogP contribution in [-0.4, -0.2) is 19.6 Å². The average molecular weight is 265 g/mol. The van der Waals surface area contributed by atoms with Gasteiger partial charge in [0.1, 0.15) is 11.5 Å². The van der Waals surface area contributed by atoms with Crippen LogP contribution in [0, 0.1) is 6.92 Å². The number of hydrogen-bond donors (Lipinski definition) is 0. The van der Waals surface area contributed by atoms with Crippen LogP contribution in [0.2, 0.25) is 0 Å². The molecule has 0 spiro atoms. The maximum absolute atomic E-state index is 5.64. The molecule has 0 bridgehead atoms. The standard InChI is InChI=1S/C15H17ClO2/c1-11-14-6-5-13(18-9-3-8-16)10-12(14)4-7-15(11)17-2/h4-7,10H,3,8-9H2,1-2H3. The Morgan fingerprint density at radius 2 is 2.00 bits per heavy atom. The maximum Gasteiger partial charge on any atom is 0.122 e. The Labute approximate surface area is 112 Å². The van der Waals surface area contributed by atoms with Crippen molar-refractivity contribution in [2.24, 2.45) is 0 Å². The number of halogens is 1. The molecule has 0 radical (unpaired) electrons. The van der Waals surface area contributed by atoms with Crippen LogP contribution in [0.15, 0.2) is 30.3 Å². The molecule has 0 saturated heterocycles. The average Bonchev–Trinajstić information content (AvgIpc) is 2.39. The van der Waals surface area contributed by atoms with E-state index in [1.807, 2.05) is 12.1 Å². The summed E-state index contributed by atoms with van der Waals surface area (Å²) in [5.41, 5.74) is 1.15. The molecule has 0 saturated carbocycles. The first-order valence-corrected chi connectivity index (χ1v) is 6.56. The van der Waals surface area contributed by atoms with Crippen LogP contribution in [0.25, 0.3) is 10.8 Å². The third kappa shape index (κ3) is 2.70. The van der Waals surface area contributed by atoms with Gasteiger partial charge < -0.3 is 9.47 Å². The topological polar surface area (TPSA) is 18.5 Å². The second-order valence-corrected chi connectivity index (χ2v) is 4.54. The Kier molecular flexibility index (Phi) is 4.32. The quantitative estimate of drug-likeness (QED) is 0.596. The van der Waals surface area contributed by atoms with Crippen LogP contribution in [0.4, 0.5) is 0 Å². The van der Waals surface area contributed by atoms with E-state index >= 15 is 0 Å². The highest BCUT2D eigenvalue weighted by atomic mass is 35.5. The summed E-state index contributed by atoms with van der Waals surface area (Å²) in [6.07, 6.45) is 0.862. The molecule has 0 amide bonds. The van der Waals surface area contributed by atoms with Gasteiger partial charge in [-0.05, 0) is 47.9 Å². The van der Waals surface area contributed by atoms with Gasteiger partial charge >= 0.3 is 0 Å². The summed E-state index contributed by atoms with van der Waals surface area (Å²) in [7, 11) is 1.69. The molecule has 0 aliphatic heterocycles. The Hall–Kier alpha value is -1.41. The zero-order valence-corrected chi connectivity index (χ0v) is 11.5. The molecule has 0 N–H and O–H groups in total. The maximum atomic E-state index is 5.64. The van der Waals surface area contributed by atoms with Gasteiger partial charge in [0.25, 0.3) is 0 Å². The second-order valence-electron chi connectivity index (χ2n) is 4.17. The highest BCUT2D eigenvalue weighted by Crippen LogP contribution is 2.29. The van der Waals surface area contributed by atoms with Crippen molar-refractivity contribution in [1.82, 2.24) is 0 Å². The van der Waals surface area contributed by atoms with Gasteiger partial charge in [0.05, 0.1) is 13.7 Å². The number of alkyl halides is 1. The molecule has 18 heavy (non-hydrogen) atoms. The molecule has 0 fully saturated rings. The highest BCUT2D eigenvalue weighted by Gasteiger charge is 2.04. The van der Waals surface area contributed by atoms with Gasteiger partial charge in [0.15, 0.2) is 0 Å². The van der Waals surface area contributed by atoms with Crippen molar-refractivity contribution < 1.29 is 9.47 Å². The molecule has 0 unspecified atom stereocenters. The molecule has 0 aliphatic rings. The summed E-state index contributed by atoms with van der Waals surface area (Å²) in [5.74, 6) is 2.43. The highest BCUT2D eigenvalue weighted by molar-refractivity contribution is 6.17. The number of hydrogen-bond acceptors (Lipinski definition) is 2. The van der Waals surface area contributed by atoms with E-state index in [1.165, 1.54) is 5.39 Å². The number of fused-ring (bicyclic) bond motifs is 1. The number of rotatable bonds is 5. The zero-order valence-electron chi connectivity index (χ0n) is 10.7. The van der Waals surface area contributed by atoms with Crippen LogP contribution < -0.4 is 9.47 Å². The van der Waals surface area contributed by atoms with Crippen molar-refractivity contribution in [1.29, 1.82) is 0 Å². The van der Waals surface area contributed by atoms with E-state index in [0.29, 0.717) is 12.5 Å². The van der Waals surface area contributed by atoms with E-state index in [9.17, 15) is 0 Å². The van der Waals surface area contributed by atoms with Gasteiger partial charge in [0, 0.05) is 5.88 Å². The van der Waals surface area contributed by atoms with E-state index in [2.05, 4.69) is 25.1 Å². The van der Waals surface area contributed by atoms with Crippen LogP contribution in [0.5, 0.6) is 11.5 Å². The summed E-state index contributed by atoms with van der Waals surface area (Å²) in [5, 5.41) is 2.36. The minimum atomic E-state index is 0.629. The van der Waals surface area contributed by atoms with Crippen LogP contribution in [-0.2, 0) is 0 Å². The summed E-state index contributed by atoms with van der Waals surface area (Å²) < 4.78 is 11.0. The summed E-state index contributed by atoms with van der Waals surface area (Å²) in [4.78, 5) is 0. The molecule has 2 nitrogen and oxygen atoms in total. The molecular formula is C15H17ClO2. The van der Waals surface area contributed by atoms with Gasteiger partial charge in [-0.1, -0.05) is 12.1 Å². The van der Waals surface area contributed by atoms with Crippen molar-refractivity contribution in [3.8, 4) is 11.5 Å². The predicted octanol–water partition coefficient (Wildman–Crippen LogP) is 4.16. The molecule has 0 aliphatic carbocycles. The number of methoxy groups -OCH3 is 1. The molecule has 0 atom stereocenters. The van der Waals surface area contributed by atoms with Gasteiger partial charge in [-0.2, -0.15) is 0 Å². The lowest BCUT2D eigenvalue weighted by atomic mass is 10.0. The van der Waals surface area contributed by atoms with Crippen LogP contribution in [0.3, 0.4) is 0 Å². The minimum absolute atomic E-state index is 0.629.